The van der Waals surface area contributed by atoms with Gasteiger partial charge >= 0.3 is 0 Å². The van der Waals surface area contributed by atoms with Crippen molar-refractivity contribution in [2.75, 3.05) is 6.54 Å². The third kappa shape index (κ3) is 3.29. The quantitative estimate of drug-likeness (QED) is 0.436. The number of rotatable bonds is 6. The molecule has 0 aliphatic carbocycles. The van der Waals surface area contributed by atoms with Crippen molar-refractivity contribution in [3.63, 3.8) is 0 Å². The smallest absolute Gasteiger partial charge is 0.274 e. The van der Waals surface area contributed by atoms with Crippen molar-refractivity contribution < 1.29 is 4.92 Å². The van der Waals surface area contributed by atoms with Crippen LogP contribution in [-0.4, -0.2) is 11.5 Å². The fraction of sp³-hybridized carbons (Fsp3) is 0.455. The Bertz CT molecular complexity index is 355. The van der Waals surface area contributed by atoms with Gasteiger partial charge in [-0.05, 0) is 19.4 Å². The van der Waals surface area contributed by atoms with Gasteiger partial charge in [0.2, 0.25) is 0 Å². The lowest BCUT2D eigenvalue weighted by Crippen LogP contribution is -2.13. The van der Waals surface area contributed by atoms with E-state index in [-0.39, 0.29) is 11.7 Å². The minimum atomic E-state index is -0.391. The van der Waals surface area contributed by atoms with Crippen LogP contribution in [0.5, 0.6) is 0 Å². The van der Waals surface area contributed by atoms with Crippen molar-refractivity contribution in [2.45, 2.75) is 25.3 Å². The molecule has 1 rings (SSSR count). The largest absolute Gasteiger partial charge is 0.330 e. The molecule has 0 fully saturated rings. The number of nitrogens with zero attached hydrogens (tertiary/aromatic N) is 1. The van der Waals surface area contributed by atoms with Gasteiger partial charge < -0.3 is 11.5 Å². The third-order valence-electron chi connectivity index (χ3n) is 2.50. The van der Waals surface area contributed by atoms with E-state index in [2.05, 4.69) is 0 Å². The molecule has 1 aromatic rings. The SMILES string of the molecule is NCCCC[C@H](N)c1ccccc1[N+](=O)[O-]. The predicted octanol–water partition coefficient (Wildman–Crippen LogP) is 1.72. The molecule has 0 saturated heterocycles. The Balaban J connectivity index is 2.74. The average molecular weight is 223 g/mol. The normalized spacial score (nSPS) is 12.4. The molecule has 1 aromatic carbocycles. The van der Waals surface area contributed by atoms with Gasteiger partial charge in [-0.25, -0.2) is 0 Å². The summed E-state index contributed by atoms with van der Waals surface area (Å²) in [7, 11) is 0. The van der Waals surface area contributed by atoms with E-state index in [1.165, 1.54) is 6.07 Å². The van der Waals surface area contributed by atoms with Gasteiger partial charge in [-0.3, -0.25) is 10.1 Å². The Morgan fingerprint density at radius 3 is 2.62 bits per heavy atom. The summed E-state index contributed by atoms with van der Waals surface area (Å²) in [5.74, 6) is 0. The van der Waals surface area contributed by atoms with Gasteiger partial charge in [0.05, 0.1) is 4.92 Å². The zero-order valence-electron chi connectivity index (χ0n) is 9.13. The number of unbranched alkanes of at least 4 members (excludes halogenated alkanes) is 1. The van der Waals surface area contributed by atoms with E-state index in [1.807, 2.05) is 0 Å². The number of nitro groups is 1. The molecule has 88 valence electrons. The lowest BCUT2D eigenvalue weighted by Gasteiger charge is -2.11. The molecule has 0 amide bonds. The first-order chi connectivity index (χ1) is 7.66. The van der Waals surface area contributed by atoms with E-state index in [1.54, 1.807) is 18.2 Å². The van der Waals surface area contributed by atoms with E-state index < -0.39 is 4.92 Å². The van der Waals surface area contributed by atoms with Crippen LogP contribution in [-0.2, 0) is 0 Å². The average Bonchev–Trinajstić information content (AvgIpc) is 2.29. The maximum atomic E-state index is 10.8. The number of hydrogen-bond acceptors (Lipinski definition) is 4. The summed E-state index contributed by atoms with van der Waals surface area (Å²) in [5, 5.41) is 10.8. The second-order valence-electron chi connectivity index (χ2n) is 3.71. The Kier molecular flexibility index (Phi) is 4.88. The second-order valence-corrected chi connectivity index (χ2v) is 3.71. The zero-order chi connectivity index (χ0) is 12.0. The van der Waals surface area contributed by atoms with Crippen LogP contribution in [0.25, 0.3) is 0 Å². The highest BCUT2D eigenvalue weighted by atomic mass is 16.6. The van der Waals surface area contributed by atoms with Crippen molar-refractivity contribution >= 4 is 5.69 Å². The summed E-state index contributed by atoms with van der Waals surface area (Å²) in [4.78, 5) is 10.4. The Labute approximate surface area is 94.6 Å². The summed E-state index contributed by atoms with van der Waals surface area (Å²) in [6, 6.07) is 6.33. The van der Waals surface area contributed by atoms with Crippen LogP contribution in [0.4, 0.5) is 5.69 Å². The number of nitro benzene ring substituents is 1. The minimum absolute atomic E-state index is 0.0998. The first-order valence-electron chi connectivity index (χ1n) is 5.35. The highest BCUT2D eigenvalue weighted by molar-refractivity contribution is 5.41. The summed E-state index contributed by atoms with van der Waals surface area (Å²) in [6.45, 7) is 0.629. The molecular weight excluding hydrogens is 206 g/mol. The molecule has 0 heterocycles. The number of hydrogen-bond donors (Lipinski definition) is 2. The van der Waals surface area contributed by atoms with Crippen LogP contribution in [0.3, 0.4) is 0 Å². The Morgan fingerprint density at radius 1 is 1.31 bits per heavy atom. The van der Waals surface area contributed by atoms with Crippen molar-refractivity contribution in [3.05, 3.63) is 39.9 Å². The van der Waals surface area contributed by atoms with Gasteiger partial charge in [0, 0.05) is 17.7 Å². The van der Waals surface area contributed by atoms with Crippen LogP contribution in [0.15, 0.2) is 24.3 Å². The number of para-hydroxylation sites is 1. The number of nitrogens with two attached hydrogens (primary N) is 2. The molecule has 0 bridgehead atoms. The molecule has 4 N–H and O–H groups in total. The lowest BCUT2D eigenvalue weighted by molar-refractivity contribution is -0.385. The first kappa shape index (κ1) is 12.6. The molecule has 1 atom stereocenters. The molecule has 0 saturated carbocycles. The van der Waals surface area contributed by atoms with Gasteiger partial charge in [0.15, 0.2) is 0 Å². The summed E-state index contributed by atoms with van der Waals surface area (Å²) >= 11 is 0. The molecule has 0 aromatic heterocycles. The van der Waals surface area contributed by atoms with Crippen molar-refractivity contribution in [1.82, 2.24) is 0 Å². The number of benzene rings is 1. The first-order valence-corrected chi connectivity index (χ1v) is 5.35. The predicted molar refractivity (Wildman–Crippen MR) is 62.9 cm³/mol. The summed E-state index contributed by atoms with van der Waals surface area (Å²) in [6.07, 6.45) is 2.51. The molecule has 16 heavy (non-hydrogen) atoms. The van der Waals surface area contributed by atoms with E-state index in [4.69, 9.17) is 11.5 Å². The van der Waals surface area contributed by atoms with Crippen LogP contribution >= 0.6 is 0 Å². The molecule has 0 aliphatic rings. The second kappa shape index (κ2) is 6.19. The van der Waals surface area contributed by atoms with Crippen molar-refractivity contribution in [3.8, 4) is 0 Å². The maximum absolute atomic E-state index is 10.8. The molecule has 5 heteroatoms. The highest BCUT2D eigenvalue weighted by Gasteiger charge is 2.17. The fourth-order valence-electron chi connectivity index (χ4n) is 1.63. The topological polar surface area (TPSA) is 95.2 Å². The molecule has 0 unspecified atom stereocenters. The van der Waals surface area contributed by atoms with Gasteiger partial charge in [-0.2, -0.15) is 0 Å². The highest BCUT2D eigenvalue weighted by Crippen LogP contribution is 2.26. The van der Waals surface area contributed by atoms with Gasteiger partial charge in [-0.15, -0.1) is 0 Å². The van der Waals surface area contributed by atoms with Crippen LogP contribution in [0.2, 0.25) is 0 Å². The maximum Gasteiger partial charge on any atom is 0.274 e. The van der Waals surface area contributed by atoms with E-state index in [9.17, 15) is 10.1 Å². The molecule has 5 nitrogen and oxygen atoms in total. The van der Waals surface area contributed by atoms with Crippen LogP contribution in [0.1, 0.15) is 30.9 Å². The summed E-state index contributed by atoms with van der Waals surface area (Å²) in [5.41, 5.74) is 12.0. The molecule has 0 radical (unpaired) electrons. The molecule has 0 spiro atoms. The van der Waals surface area contributed by atoms with Gasteiger partial charge in [0.25, 0.3) is 5.69 Å². The minimum Gasteiger partial charge on any atom is -0.330 e. The fourth-order valence-corrected chi connectivity index (χ4v) is 1.63. The zero-order valence-corrected chi connectivity index (χ0v) is 9.13. The third-order valence-corrected chi connectivity index (χ3v) is 2.50. The van der Waals surface area contributed by atoms with Crippen molar-refractivity contribution in [1.29, 1.82) is 0 Å². The van der Waals surface area contributed by atoms with Gasteiger partial charge in [0.1, 0.15) is 0 Å². The Morgan fingerprint density at radius 2 is 2.00 bits per heavy atom. The van der Waals surface area contributed by atoms with E-state index >= 15 is 0 Å². The molecule has 0 aliphatic heterocycles. The Hall–Kier alpha value is -1.46. The van der Waals surface area contributed by atoms with Gasteiger partial charge in [-0.1, -0.05) is 24.6 Å². The monoisotopic (exact) mass is 223 g/mol. The van der Waals surface area contributed by atoms with E-state index in [0.717, 1.165) is 19.3 Å². The van der Waals surface area contributed by atoms with Crippen LogP contribution in [0, 0.1) is 10.1 Å². The summed E-state index contributed by atoms with van der Waals surface area (Å²) < 4.78 is 0. The van der Waals surface area contributed by atoms with E-state index in [0.29, 0.717) is 12.1 Å². The van der Waals surface area contributed by atoms with Crippen LogP contribution < -0.4 is 11.5 Å². The molecular formula is C11H17N3O2. The van der Waals surface area contributed by atoms with Crippen molar-refractivity contribution in [2.24, 2.45) is 11.5 Å². The standard InChI is InChI=1S/C11H17N3O2/c12-8-4-3-6-10(13)9-5-1-2-7-11(9)14(15)16/h1-2,5,7,10H,3-4,6,8,12-13H2/t10-/m0/s1. The lowest BCUT2D eigenvalue weighted by atomic mass is 10.0.